The number of carbonyl (C=O) groups excluding carboxylic acids is 1. The number of nitrogens with zero attached hydrogens (tertiary/aromatic N) is 4. The number of nitrogens with one attached hydrogen (secondary N) is 1. The zero-order chi connectivity index (χ0) is 19.9. The Hall–Kier alpha value is -2.87. The molecule has 1 aromatic carbocycles. The Morgan fingerprint density at radius 1 is 1.14 bits per heavy atom. The highest BCUT2D eigenvalue weighted by Crippen LogP contribution is 2.27. The molecular weight excluding hydrogens is 358 g/mol. The van der Waals surface area contributed by atoms with Gasteiger partial charge in [-0.05, 0) is 24.6 Å². The normalized spacial score (nSPS) is 15.8. The van der Waals surface area contributed by atoms with E-state index < -0.39 is 0 Å². The summed E-state index contributed by atoms with van der Waals surface area (Å²) in [6.07, 6.45) is 5.14. The van der Waals surface area contributed by atoms with Crippen LogP contribution >= 0.6 is 0 Å². The second-order valence-corrected chi connectivity index (χ2v) is 6.67. The summed E-state index contributed by atoms with van der Waals surface area (Å²) in [4.78, 5) is 25.4. The van der Waals surface area contributed by atoms with Crippen LogP contribution in [0.5, 0.6) is 11.5 Å². The van der Waals surface area contributed by atoms with E-state index in [-0.39, 0.29) is 11.9 Å². The smallest absolute Gasteiger partial charge is 0.237 e. The molecule has 0 aliphatic carbocycles. The van der Waals surface area contributed by atoms with Gasteiger partial charge in [0, 0.05) is 45.1 Å². The third-order valence-electron chi connectivity index (χ3n) is 5.03. The van der Waals surface area contributed by atoms with Gasteiger partial charge in [-0.1, -0.05) is 6.07 Å². The molecule has 1 aliphatic rings. The van der Waals surface area contributed by atoms with Crippen molar-refractivity contribution in [1.82, 2.24) is 20.2 Å². The Morgan fingerprint density at radius 3 is 2.54 bits per heavy atom. The standard InChI is InChI=1S/C20H27N5O3/c1-15(24-8-10-25(11-9-24)19-14-21-6-7-22-19)20(26)23-13-16-4-5-17(27-2)18(12-16)28-3/h4-7,12,14-15H,8-11,13H2,1-3H3,(H,23,26)/t15-/m0/s1. The summed E-state index contributed by atoms with van der Waals surface area (Å²) in [6, 6.07) is 5.45. The van der Waals surface area contributed by atoms with Crippen molar-refractivity contribution >= 4 is 11.7 Å². The largest absolute Gasteiger partial charge is 0.493 e. The molecule has 1 fully saturated rings. The number of rotatable bonds is 7. The summed E-state index contributed by atoms with van der Waals surface area (Å²) in [5.74, 6) is 2.23. The number of amides is 1. The van der Waals surface area contributed by atoms with Gasteiger partial charge in [0.15, 0.2) is 11.5 Å². The molecule has 0 radical (unpaired) electrons. The number of methoxy groups -OCH3 is 2. The molecule has 8 heteroatoms. The molecule has 150 valence electrons. The van der Waals surface area contributed by atoms with Gasteiger partial charge in [0.05, 0.1) is 26.5 Å². The van der Waals surface area contributed by atoms with Gasteiger partial charge in [0.1, 0.15) is 5.82 Å². The van der Waals surface area contributed by atoms with Crippen LogP contribution < -0.4 is 19.7 Å². The lowest BCUT2D eigenvalue weighted by atomic mass is 10.1. The second-order valence-electron chi connectivity index (χ2n) is 6.67. The number of aromatic nitrogens is 2. The Kier molecular flexibility index (Phi) is 6.65. The number of hydrogen-bond acceptors (Lipinski definition) is 7. The van der Waals surface area contributed by atoms with Crippen molar-refractivity contribution in [1.29, 1.82) is 0 Å². The fourth-order valence-corrected chi connectivity index (χ4v) is 3.29. The minimum absolute atomic E-state index is 0.0164. The van der Waals surface area contributed by atoms with E-state index in [1.54, 1.807) is 32.8 Å². The monoisotopic (exact) mass is 385 g/mol. The van der Waals surface area contributed by atoms with Crippen molar-refractivity contribution in [3.05, 3.63) is 42.4 Å². The van der Waals surface area contributed by atoms with Gasteiger partial charge in [0.25, 0.3) is 0 Å². The van der Waals surface area contributed by atoms with E-state index in [1.165, 1.54) is 0 Å². The number of anilines is 1. The Bertz CT molecular complexity index is 779. The minimum atomic E-state index is -0.191. The van der Waals surface area contributed by atoms with Crippen LogP contribution in [0.2, 0.25) is 0 Å². The number of ether oxygens (including phenoxy) is 2. The molecule has 28 heavy (non-hydrogen) atoms. The zero-order valence-corrected chi connectivity index (χ0v) is 16.6. The van der Waals surface area contributed by atoms with E-state index in [2.05, 4.69) is 25.1 Å². The first-order valence-corrected chi connectivity index (χ1v) is 9.36. The van der Waals surface area contributed by atoms with Gasteiger partial charge in [-0.25, -0.2) is 4.98 Å². The van der Waals surface area contributed by atoms with Crippen molar-refractivity contribution in [2.75, 3.05) is 45.3 Å². The molecule has 2 aromatic rings. The third-order valence-corrected chi connectivity index (χ3v) is 5.03. The average molecular weight is 385 g/mol. The molecule has 0 saturated carbocycles. The maximum absolute atomic E-state index is 12.6. The third kappa shape index (κ3) is 4.69. The van der Waals surface area contributed by atoms with Gasteiger partial charge < -0.3 is 19.7 Å². The highest BCUT2D eigenvalue weighted by molar-refractivity contribution is 5.81. The highest BCUT2D eigenvalue weighted by atomic mass is 16.5. The van der Waals surface area contributed by atoms with Crippen LogP contribution in [0.15, 0.2) is 36.8 Å². The molecular formula is C20H27N5O3. The Balaban J connectivity index is 1.50. The lowest BCUT2D eigenvalue weighted by molar-refractivity contribution is -0.126. The van der Waals surface area contributed by atoms with E-state index in [4.69, 9.17) is 9.47 Å². The first-order valence-electron chi connectivity index (χ1n) is 9.36. The molecule has 1 aromatic heterocycles. The Morgan fingerprint density at radius 2 is 1.89 bits per heavy atom. The fourth-order valence-electron chi connectivity index (χ4n) is 3.29. The van der Waals surface area contributed by atoms with Crippen molar-refractivity contribution in [3.63, 3.8) is 0 Å². The van der Waals surface area contributed by atoms with Crippen LogP contribution in [-0.4, -0.2) is 67.2 Å². The van der Waals surface area contributed by atoms with Crippen molar-refractivity contribution in [2.24, 2.45) is 0 Å². The van der Waals surface area contributed by atoms with E-state index in [1.807, 2.05) is 25.1 Å². The quantitative estimate of drug-likeness (QED) is 0.770. The number of benzene rings is 1. The van der Waals surface area contributed by atoms with E-state index in [9.17, 15) is 4.79 Å². The second kappa shape index (κ2) is 9.36. The van der Waals surface area contributed by atoms with Crippen LogP contribution in [0.4, 0.5) is 5.82 Å². The highest BCUT2D eigenvalue weighted by Gasteiger charge is 2.26. The fraction of sp³-hybridized carbons (Fsp3) is 0.450. The number of piperazine rings is 1. The van der Waals surface area contributed by atoms with Gasteiger partial charge in [0.2, 0.25) is 5.91 Å². The SMILES string of the molecule is COc1ccc(CNC(=O)[C@H](C)N2CCN(c3cnccn3)CC2)cc1OC. The van der Waals surface area contributed by atoms with Crippen molar-refractivity contribution in [3.8, 4) is 11.5 Å². The van der Waals surface area contributed by atoms with Gasteiger partial charge in [-0.3, -0.25) is 14.7 Å². The lowest BCUT2D eigenvalue weighted by Gasteiger charge is -2.37. The first-order chi connectivity index (χ1) is 13.6. The zero-order valence-electron chi connectivity index (χ0n) is 16.6. The lowest BCUT2D eigenvalue weighted by Crippen LogP contribution is -2.54. The van der Waals surface area contributed by atoms with E-state index >= 15 is 0 Å². The van der Waals surface area contributed by atoms with Gasteiger partial charge in [-0.15, -0.1) is 0 Å². The topological polar surface area (TPSA) is 79.8 Å². The molecule has 2 heterocycles. The summed E-state index contributed by atoms with van der Waals surface area (Å²) in [5.41, 5.74) is 0.964. The predicted octanol–water partition coefficient (Wildman–Crippen LogP) is 1.32. The van der Waals surface area contributed by atoms with Gasteiger partial charge in [-0.2, -0.15) is 0 Å². The summed E-state index contributed by atoms with van der Waals surface area (Å²) in [7, 11) is 3.20. The molecule has 0 bridgehead atoms. The van der Waals surface area contributed by atoms with Crippen LogP contribution in [-0.2, 0) is 11.3 Å². The van der Waals surface area contributed by atoms with E-state index in [0.717, 1.165) is 37.6 Å². The molecule has 8 nitrogen and oxygen atoms in total. The van der Waals surface area contributed by atoms with Crippen LogP contribution in [0.3, 0.4) is 0 Å². The molecule has 1 N–H and O–H groups in total. The van der Waals surface area contributed by atoms with Crippen molar-refractivity contribution in [2.45, 2.75) is 19.5 Å². The summed E-state index contributed by atoms with van der Waals surface area (Å²) >= 11 is 0. The molecule has 3 rings (SSSR count). The average Bonchev–Trinajstić information content (AvgIpc) is 2.77. The molecule has 1 saturated heterocycles. The van der Waals surface area contributed by atoms with Gasteiger partial charge >= 0.3 is 0 Å². The van der Waals surface area contributed by atoms with Crippen molar-refractivity contribution < 1.29 is 14.3 Å². The summed E-state index contributed by atoms with van der Waals surface area (Å²) < 4.78 is 10.6. The maximum Gasteiger partial charge on any atom is 0.237 e. The first kappa shape index (κ1) is 19.9. The summed E-state index contributed by atoms with van der Waals surface area (Å²) in [6.45, 7) is 5.66. The van der Waals surface area contributed by atoms with Crippen LogP contribution in [0, 0.1) is 0 Å². The molecule has 1 atom stereocenters. The molecule has 0 unspecified atom stereocenters. The molecule has 0 spiro atoms. The molecule has 1 aliphatic heterocycles. The Labute approximate surface area is 165 Å². The molecule has 1 amide bonds. The predicted molar refractivity (Wildman–Crippen MR) is 107 cm³/mol. The van der Waals surface area contributed by atoms with E-state index in [0.29, 0.717) is 18.0 Å². The maximum atomic E-state index is 12.6. The summed E-state index contributed by atoms with van der Waals surface area (Å²) in [5, 5.41) is 3.01. The number of carbonyl (C=O) groups is 1. The minimum Gasteiger partial charge on any atom is -0.493 e. The van der Waals surface area contributed by atoms with Crippen LogP contribution in [0.25, 0.3) is 0 Å². The number of hydrogen-bond donors (Lipinski definition) is 1. The van der Waals surface area contributed by atoms with Crippen LogP contribution in [0.1, 0.15) is 12.5 Å².